The van der Waals surface area contributed by atoms with E-state index in [0.29, 0.717) is 24.3 Å². The fourth-order valence-corrected chi connectivity index (χ4v) is 2.87. The summed E-state index contributed by atoms with van der Waals surface area (Å²) in [5.41, 5.74) is 2.27. The van der Waals surface area contributed by atoms with Gasteiger partial charge in [0.1, 0.15) is 11.4 Å². The molecule has 0 bridgehead atoms. The van der Waals surface area contributed by atoms with Crippen molar-refractivity contribution in [1.29, 1.82) is 0 Å². The van der Waals surface area contributed by atoms with Crippen molar-refractivity contribution in [3.05, 3.63) is 70.6 Å². The molecule has 0 saturated heterocycles. The zero-order chi connectivity index (χ0) is 17.8. The summed E-state index contributed by atoms with van der Waals surface area (Å²) in [4.78, 5) is 24.0. The Morgan fingerprint density at radius 1 is 1.00 bits per heavy atom. The average Bonchev–Trinajstić information content (AvgIpc) is 2.95. The molecule has 0 aliphatic carbocycles. The van der Waals surface area contributed by atoms with Gasteiger partial charge in [0.2, 0.25) is 6.41 Å². The third-order valence-electron chi connectivity index (χ3n) is 4.01. The molecule has 0 fully saturated rings. The molecule has 3 rings (SSSR count). The molecule has 0 radical (unpaired) electrons. The van der Waals surface area contributed by atoms with Crippen LogP contribution in [-0.2, 0) is 11.2 Å². The van der Waals surface area contributed by atoms with Gasteiger partial charge in [-0.05, 0) is 42.8 Å². The molecule has 6 heteroatoms. The van der Waals surface area contributed by atoms with Gasteiger partial charge in [-0.25, -0.2) is 9.36 Å². The lowest BCUT2D eigenvalue weighted by Gasteiger charge is -2.15. The Morgan fingerprint density at radius 3 is 2.20 bits per heavy atom. The number of rotatable bonds is 6. The predicted octanol–water partition coefficient (Wildman–Crippen LogP) is 2.77. The number of methoxy groups -OCH3 is 1. The third kappa shape index (κ3) is 2.94. The van der Waals surface area contributed by atoms with Crippen molar-refractivity contribution in [2.45, 2.75) is 13.3 Å². The van der Waals surface area contributed by atoms with Crippen LogP contribution in [0.5, 0.6) is 5.75 Å². The van der Waals surface area contributed by atoms with Crippen molar-refractivity contribution in [2.75, 3.05) is 12.4 Å². The second-order valence-corrected chi connectivity index (χ2v) is 5.40. The minimum atomic E-state index is -0.280. The van der Waals surface area contributed by atoms with Crippen molar-refractivity contribution >= 4 is 12.1 Å². The number of hydrogen-bond donors (Lipinski definition) is 1. The molecule has 0 saturated carbocycles. The lowest BCUT2D eigenvalue weighted by atomic mass is 10.2. The zero-order valence-electron chi connectivity index (χ0n) is 14.1. The predicted molar refractivity (Wildman–Crippen MR) is 97.0 cm³/mol. The Kier molecular flexibility index (Phi) is 4.70. The highest BCUT2D eigenvalue weighted by atomic mass is 16.5. The van der Waals surface area contributed by atoms with E-state index >= 15 is 0 Å². The third-order valence-corrected chi connectivity index (χ3v) is 4.01. The molecule has 128 valence electrons. The molecule has 1 N–H and O–H groups in total. The van der Waals surface area contributed by atoms with Crippen LogP contribution in [-0.4, -0.2) is 22.9 Å². The van der Waals surface area contributed by atoms with Crippen LogP contribution in [0.2, 0.25) is 0 Å². The maximum atomic E-state index is 13.0. The number of carbonyl (C=O) groups excluding carboxylic acids is 1. The topological polar surface area (TPSA) is 65.3 Å². The SMILES string of the molecule is CCc1c(NC=O)c(=O)n(-c2ccc(OC)cc2)n1-c1ccccc1. The number of para-hydroxylation sites is 1. The minimum Gasteiger partial charge on any atom is -0.497 e. The first-order valence-corrected chi connectivity index (χ1v) is 7.98. The van der Waals surface area contributed by atoms with Crippen LogP contribution in [0.4, 0.5) is 5.69 Å². The van der Waals surface area contributed by atoms with Gasteiger partial charge in [-0.2, -0.15) is 0 Å². The zero-order valence-corrected chi connectivity index (χ0v) is 14.1. The molecule has 0 aliphatic heterocycles. The lowest BCUT2D eigenvalue weighted by molar-refractivity contribution is -0.105. The van der Waals surface area contributed by atoms with Gasteiger partial charge in [-0.3, -0.25) is 9.59 Å². The van der Waals surface area contributed by atoms with Gasteiger partial charge >= 0.3 is 0 Å². The summed E-state index contributed by atoms with van der Waals surface area (Å²) in [5.74, 6) is 0.705. The smallest absolute Gasteiger partial charge is 0.295 e. The number of nitrogens with zero attached hydrogens (tertiary/aromatic N) is 2. The summed E-state index contributed by atoms with van der Waals surface area (Å²) in [7, 11) is 1.59. The summed E-state index contributed by atoms with van der Waals surface area (Å²) in [5, 5.41) is 2.56. The van der Waals surface area contributed by atoms with Crippen molar-refractivity contribution in [1.82, 2.24) is 9.36 Å². The van der Waals surface area contributed by atoms with E-state index < -0.39 is 0 Å². The highest BCUT2D eigenvalue weighted by Gasteiger charge is 2.20. The Hall–Kier alpha value is -3.28. The average molecular weight is 337 g/mol. The maximum Gasteiger partial charge on any atom is 0.295 e. The summed E-state index contributed by atoms with van der Waals surface area (Å²) in [6, 6.07) is 16.8. The van der Waals surface area contributed by atoms with Gasteiger partial charge in [-0.1, -0.05) is 25.1 Å². The van der Waals surface area contributed by atoms with E-state index in [4.69, 9.17) is 4.74 Å². The number of anilines is 1. The van der Waals surface area contributed by atoms with Crippen molar-refractivity contribution in [3.8, 4) is 17.1 Å². The van der Waals surface area contributed by atoms with E-state index in [-0.39, 0.29) is 11.2 Å². The number of ether oxygens (including phenoxy) is 1. The Labute approximate surface area is 145 Å². The van der Waals surface area contributed by atoms with Gasteiger partial charge in [-0.15, -0.1) is 0 Å². The van der Waals surface area contributed by atoms with E-state index in [9.17, 15) is 9.59 Å². The molecule has 3 aromatic rings. The van der Waals surface area contributed by atoms with E-state index in [1.165, 1.54) is 0 Å². The monoisotopic (exact) mass is 337 g/mol. The van der Waals surface area contributed by atoms with Crippen LogP contribution in [0.25, 0.3) is 11.4 Å². The number of nitrogens with one attached hydrogen (secondary N) is 1. The highest BCUT2D eigenvalue weighted by Crippen LogP contribution is 2.22. The first-order chi connectivity index (χ1) is 12.2. The van der Waals surface area contributed by atoms with Gasteiger partial charge in [0.05, 0.1) is 24.2 Å². The lowest BCUT2D eigenvalue weighted by Crippen LogP contribution is -2.21. The molecule has 0 spiro atoms. The van der Waals surface area contributed by atoms with Crippen LogP contribution >= 0.6 is 0 Å². The Morgan fingerprint density at radius 2 is 1.64 bits per heavy atom. The summed E-state index contributed by atoms with van der Waals surface area (Å²) < 4.78 is 8.57. The van der Waals surface area contributed by atoms with Gasteiger partial charge < -0.3 is 10.1 Å². The number of aromatic nitrogens is 2. The van der Waals surface area contributed by atoms with Crippen LogP contribution < -0.4 is 15.6 Å². The van der Waals surface area contributed by atoms with Crippen molar-refractivity contribution in [2.24, 2.45) is 0 Å². The van der Waals surface area contributed by atoms with Gasteiger partial charge in [0.25, 0.3) is 5.56 Å². The van der Waals surface area contributed by atoms with Crippen LogP contribution in [0.3, 0.4) is 0 Å². The summed E-state index contributed by atoms with van der Waals surface area (Å²) in [6.07, 6.45) is 1.12. The second-order valence-electron chi connectivity index (χ2n) is 5.40. The standard InChI is InChI=1S/C19H19N3O3/c1-3-17-18(20-13-23)19(24)22(15-9-11-16(25-2)12-10-15)21(17)14-7-5-4-6-8-14/h4-13H,3H2,1-2H3,(H,20,23). The first kappa shape index (κ1) is 16.6. The van der Waals surface area contributed by atoms with Gasteiger partial charge in [0, 0.05) is 0 Å². The number of hydrogen-bond acceptors (Lipinski definition) is 3. The van der Waals surface area contributed by atoms with Crippen LogP contribution in [0, 0.1) is 0 Å². The minimum absolute atomic E-state index is 0.280. The normalized spacial score (nSPS) is 10.5. The van der Waals surface area contributed by atoms with Crippen molar-refractivity contribution < 1.29 is 9.53 Å². The number of carbonyl (C=O) groups is 1. The molecule has 0 atom stereocenters. The van der Waals surface area contributed by atoms with E-state index in [0.717, 1.165) is 11.4 Å². The molecule has 6 nitrogen and oxygen atoms in total. The van der Waals surface area contributed by atoms with E-state index in [1.807, 2.05) is 54.1 Å². The van der Waals surface area contributed by atoms with Gasteiger partial charge in [0.15, 0.2) is 0 Å². The molecular formula is C19H19N3O3. The molecule has 25 heavy (non-hydrogen) atoms. The molecule has 0 unspecified atom stereocenters. The van der Waals surface area contributed by atoms with E-state index in [1.54, 1.807) is 23.9 Å². The Balaban J connectivity index is 2.32. The summed E-state index contributed by atoms with van der Waals surface area (Å²) in [6.45, 7) is 1.95. The van der Waals surface area contributed by atoms with Crippen LogP contribution in [0.1, 0.15) is 12.6 Å². The molecule has 1 heterocycles. The number of amides is 1. The van der Waals surface area contributed by atoms with E-state index in [2.05, 4.69) is 5.32 Å². The molecule has 0 aliphatic rings. The fraction of sp³-hybridized carbons (Fsp3) is 0.158. The van der Waals surface area contributed by atoms with Crippen molar-refractivity contribution in [3.63, 3.8) is 0 Å². The molecule has 2 aromatic carbocycles. The highest BCUT2D eigenvalue weighted by molar-refractivity contribution is 5.73. The number of benzene rings is 2. The quantitative estimate of drug-likeness (QED) is 0.704. The molecule has 1 amide bonds. The fourth-order valence-electron chi connectivity index (χ4n) is 2.87. The van der Waals surface area contributed by atoms with Crippen LogP contribution in [0.15, 0.2) is 59.4 Å². The first-order valence-electron chi connectivity index (χ1n) is 7.98. The Bertz CT molecular complexity index is 925. The maximum absolute atomic E-state index is 13.0. The molecular weight excluding hydrogens is 318 g/mol. The largest absolute Gasteiger partial charge is 0.497 e. The molecule has 1 aromatic heterocycles. The second kappa shape index (κ2) is 7.09. The summed E-state index contributed by atoms with van der Waals surface area (Å²) >= 11 is 0.